The van der Waals surface area contributed by atoms with Crippen LogP contribution in [0.4, 0.5) is 5.69 Å². The molecule has 106 valence electrons. The van der Waals surface area contributed by atoms with Crippen LogP contribution >= 0.6 is 11.6 Å². The van der Waals surface area contributed by atoms with Crippen LogP contribution in [0.25, 0.3) is 0 Å². The van der Waals surface area contributed by atoms with Gasteiger partial charge in [-0.25, -0.2) is 0 Å². The first kappa shape index (κ1) is 13.5. The minimum absolute atomic E-state index is 0.303. The number of carbonyl (C=O) groups is 2. The van der Waals surface area contributed by atoms with Crippen LogP contribution in [0.5, 0.6) is 0 Å². The Morgan fingerprint density at radius 3 is 2.75 bits per heavy atom. The number of anilines is 1. The van der Waals surface area contributed by atoms with Crippen LogP contribution in [-0.2, 0) is 14.3 Å². The van der Waals surface area contributed by atoms with Crippen LogP contribution < -0.4 is 4.90 Å². The Bertz CT molecular complexity index is 554. The van der Waals surface area contributed by atoms with E-state index in [0.717, 1.165) is 6.42 Å². The van der Waals surface area contributed by atoms with E-state index in [1.165, 1.54) is 11.0 Å². The van der Waals surface area contributed by atoms with Crippen LogP contribution in [0.2, 0.25) is 5.02 Å². The van der Waals surface area contributed by atoms with Crippen LogP contribution in [0.15, 0.2) is 18.2 Å². The maximum atomic E-state index is 12.0. The van der Waals surface area contributed by atoms with E-state index in [1.807, 2.05) is 0 Å². The van der Waals surface area contributed by atoms with E-state index in [2.05, 4.69) is 0 Å². The first-order chi connectivity index (χ1) is 9.66. The van der Waals surface area contributed by atoms with Gasteiger partial charge in [0.05, 0.1) is 24.5 Å². The molecule has 5 nitrogen and oxygen atoms in total. The zero-order valence-electron chi connectivity index (χ0n) is 10.8. The number of fused-ring (bicyclic) bond motifs is 1. The van der Waals surface area contributed by atoms with Gasteiger partial charge in [0.25, 0.3) is 11.7 Å². The van der Waals surface area contributed by atoms with Crippen molar-refractivity contribution in [2.45, 2.75) is 19.1 Å². The number of halogens is 1. The maximum absolute atomic E-state index is 12.0. The standard InChI is InChI=1S/C14H14ClNO4/c15-9-2-3-11-10(8-9)13(17)14(18)16(11)5-4-12-19-6-1-7-20-12/h2-3,8,12H,1,4-7H2. The third kappa shape index (κ3) is 2.44. The van der Waals surface area contributed by atoms with E-state index in [-0.39, 0.29) is 6.29 Å². The van der Waals surface area contributed by atoms with E-state index in [1.54, 1.807) is 12.1 Å². The summed E-state index contributed by atoms with van der Waals surface area (Å²) in [5, 5.41) is 0.450. The number of nitrogens with zero attached hydrogens (tertiary/aromatic N) is 1. The molecule has 0 spiro atoms. The Balaban J connectivity index is 1.74. The number of rotatable bonds is 3. The summed E-state index contributed by atoms with van der Waals surface area (Å²) in [6.07, 6.45) is 1.13. The first-order valence-corrected chi connectivity index (χ1v) is 6.93. The summed E-state index contributed by atoms with van der Waals surface area (Å²) < 4.78 is 10.9. The molecule has 3 rings (SSSR count). The van der Waals surface area contributed by atoms with Crippen molar-refractivity contribution in [2.24, 2.45) is 0 Å². The molecule has 0 saturated carbocycles. The highest BCUT2D eigenvalue weighted by Gasteiger charge is 2.36. The lowest BCUT2D eigenvalue weighted by Gasteiger charge is -2.25. The Morgan fingerprint density at radius 2 is 2.00 bits per heavy atom. The van der Waals surface area contributed by atoms with Gasteiger partial charge in [0.1, 0.15) is 0 Å². The summed E-state index contributed by atoms with van der Waals surface area (Å²) in [4.78, 5) is 25.4. The molecule has 2 aliphatic rings. The van der Waals surface area contributed by atoms with Crippen molar-refractivity contribution >= 4 is 29.0 Å². The van der Waals surface area contributed by atoms with E-state index in [4.69, 9.17) is 21.1 Å². The lowest BCUT2D eigenvalue weighted by molar-refractivity contribution is -0.179. The topological polar surface area (TPSA) is 55.8 Å². The van der Waals surface area contributed by atoms with Gasteiger partial charge in [-0.2, -0.15) is 0 Å². The molecule has 2 aliphatic heterocycles. The van der Waals surface area contributed by atoms with Crippen LogP contribution in [-0.4, -0.2) is 37.7 Å². The van der Waals surface area contributed by atoms with Gasteiger partial charge in [-0.05, 0) is 24.6 Å². The smallest absolute Gasteiger partial charge is 0.299 e. The van der Waals surface area contributed by atoms with Crippen molar-refractivity contribution in [2.75, 3.05) is 24.7 Å². The number of Topliss-reactive ketones (excluding diaryl/α,β-unsaturated/α-hetero) is 1. The van der Waals surface area contributed by atoms with Crippen molar-refractivity contribution < 1.29 is 19.1 Å². The van der Waals surface area contributed by atoms with Gasteiger partial charge in [0.2, 0.25) is 0 Å². The SMILES string of the molecule is O=C1C(=O)N(CCC2OCCCO2)c2ccc(Cl)cc21. The van der Waals surface area contributed by atoms with Crippen molar-refractivity contribution in [3.63, 3.8) is 0 Å². The fraction of sp³-hybridized carbons (Fsp3) is 0.429. The number of hydrogen-bond acceptors (Lipinski definition) is 4. The van der Waals surface area contributed by atoms with Crippen molar-refractivity contribution in [1.29, 1.82) is 0 Å². The van der Waals surface area contributed by atoms with Gasteiger partial charge < -0.3 is 14.4 Å². The summed E-state index contributed by atoms with van der Waals surface area (Å²) in [6, 6.07) is 4.90. The molecule has 0 N–H and O–H groups in total. The fourth-order valence-corrected chi connectivity index (χ4v) is 2.60. The monoisotopic (exact) mass is 295 g/mol. The fourth-order valence-electron chi connectivity index (χ4n) is 2.43. The van der Waals surface area contributed by atoms with E-state index < -0.39 is 11.7 Å². The van der Waals surface area contributed by atoms with E-state index in [9.17, 15) is 9.59 Å². The molecule has 6 heteroatoms. The normalized spacial score (nSPS) is 19.6. The average Bonchev–Trinajstić information content (AvgIpc) is 2.70. The van der Waals surface area contributed by atoms with Crippen LogP contribution in [0.3, 0.4) is 0 Å². The number of ketones is 1. The molecule has 0 atom stereocenters. The largest absolute Gasteiger partial charge is 0.353 e. The summed E-state index contributed by atoms with van der Waals surface area (Å²) in [5.41, 5.74) is 0.980. The maximum Gasteiger partial charge on any atom is 0.299 e. The molecule has 1 aromatic carbocycles. The number of amides is 1. The lowest BCUT2D eigenvalue weighted by atomic mass is 10.1. The average molecular weight is 296 g/mol. The highest BCUT2D eigenvalue weighted by atomic mass is 35.5. The third-order valence-corrected chi connectivity index (χ3v) is 3.65. The summed E-state index contributed by atoms with van der Waals surface area (Å²) >= 11 is 5.86. The van der Waals surface area contributed by atoms with E-state index in [0.29, 0.717) is 42.5 Å². The minimum Gasteiger partial charge on any atom is -0.353 e. The number of benzene rings is 1. The molecule has 2 heterocycles. The van der Waals surface area contributed by atoms with Gasteiger partial charge in [0.15, 0.2) is 6.29 Å². The molecular weight excluding hydrogens is 282 g/mol. The number of hydrogen-bond donors (Lipinski definition) is 0. The predicted octanol–water partition coefficient (Wildman–Crippen LogP) is 2.02. The quantitative estimate of drug-likeness (QED) is 0.801. The third-order valence-electron chi connectivity index (χ3n) is 3.42. The minimum atomic E-state index is -0.516. The van der Waals surface area contributed by atoms with Gasteiger partial charge >= 0.3 is 0 Å². The Kier molecular flexibility index (Phi) is 3.74. The van der Waals surface area contributed by atoms with Crippen LogP contribution in [0, 0.1) is 0 Å². The number of carbonyl (C=O) groups excluding carboxylic acids is 2. The van der Waals surface area contributed by atoms with Gasteiger partial charge in [-0.15, -0.1) is 0 Å². The molecule has 1 saturated heterocycles. The molecule has 1 fully saturated rings. The molecule has 0 aliphatic carbocycles. The Morgan fingerprint density at radius 1 is 1.25 bits per heavy atom. The molecule has 0 unspecified atom stereocenters. The van der Waals surface area contributed by atoms with E-state index >= 15 is 0 Å². The zero-order chi connectivity index (χ0) is 14.1. The number of ether oxygens (including phenoxy) is 2. The molecule has 20 heavy (non-hydrogen) atoms. The Hall–Kier alpha value is -1.43. The first-order valence-electron chi connectivity index (χ1n) is 6.56. The second kappa shape index (κ2) is 5.52. The Labute approximate surface area is 121 Å². The highest BCUT2D eigenvalue weighted by molar-refractivity contribution is 6.52. The molecular formula is C14H14ClNO4. The molecule has 0 bridgehead atoms. The summed E-state index contributed by atoms with van der Waals surface area (Å²) in [6.45, 7) is 1.73. The molecule has 1 aromatic rings. The van der Waals surface area contributed by atoms with Crippen LogP contribution in [0.1, 0.15) is 23.2 Å². The predicted molar refractivity (Wildman–Crippen MR) is 73.1 cm³/mol. The van der Waals surface area contributed by atoms with Crippen molar-refractivity contribution in [3.8, 4) is 0 Å². The van der Waals surface area contributed by atoms with Gasteiger partial charge in [-0.1, -0.05) is 11.6 Å². The highest BCUT2D eigenvalue weighted by Crippen LogP contribution is 2.31. The lowest BCUT2D eigenvalue weighted by Crippen LogP contribution is -2.35. The molecule has 0 radical (unpaired) electrons. The van der Waals surface area contributed by atoms with Crippen molar-refractivity contribution in [3.05, 3.63) is 28.8 Å². The molecule has 0 aromatic heterocycles. The zero-order valence-corrected chi connectivity index (χ0v) is 11.6. The van der Waals surface area contributed by atoms with Gasteiger partial charge in [0, 0.05) is 18.0 Å². The summed E-state index contributed by atoms with van der Waals surface area (Å²) in [7, 11) is 0. The summed E-state index contributed by atoms with van der Waals surface area (Å²) in [5.74, 6) is -1.02. The second-order valence-corrected chi connectivity index (χ2v) is 5.20. The second-order valence-electron chi connectivity index (χ2n) is 4.76. The van der Waals surface area contributed by atoms with Crippen molar-refractivity contribution in [1.82, 2.24) is 0 Å². The van der Waals surface area contributed by atoms with Gasteiger partial charge in [-0.3, -0.25) is 9.59 Å². The molecule has 1 amide bonds.